The molecule has 0 radical (unpaired) electrons. The molecular weight excluding hydrogens is 668 g/mol. The Morgan fingerprint density at radius 2 is 1.31 bits per heavy atom. The van der Waals surface area contributed by atoms with Gasteiger partial charge in [-0.05, 0) is 55.9 Å². The fourth-order valence-electron chi connectivity index (χ4n) is 6.44. The summed E-state index contributed by atoms with van der Waals surface area (Å²) in [5.41, 5.74) is 5.78. The Labute approximate surface area is 296 Å². The minimum Gasteiger partial charge on any atom is -0.480 e. The van der Waals surface area contributed by atoms with Gasteiger partial charge in [-0.15, -0.1) is 0 Å². The normalized spacial score (nSPS) is 24.1. The third kappa shape index (κ3) is 14.7. The first-order valence-electron chi connectivity index (χ1n) is 16.9. The number of hydrogen-bond acceptors (Lipinski definition) is 11. The molecule has 1 heterocycles. The summed E-state index contributed by atoms with van der Waals surface area (Å²) in [5, 5.41) is 41.4. The molecule has 7 N–H and O–H groups in total. The van der Waals surface area contributed by atoms with E-state index in [-0.39, 0.29) is 77.9 Å². The molecule has 0 bridgehead atoms. The van der Waals surface area contributed by atoms with Gasteiger partial charge >= 0.3 is 30.0 Å². The van der Waals surface area contributed by atoms with Crippen LogP contribution in [0.5, 0.6) is 0 Å². The second-order valence-electron chi connectivity index (χ2n) is 13.4. The standard InChI is InChI=1S/C34H50N6O11/c1-34(10-3-2-4-27(9-11-34)51-33(35)50)32(49)36-25-7-5-24(6-8-25)18-26-19-39(22-30(45)46)15-14-37(20-28(41)42)12-13-38(21-29(43)44)16-17-40(26)23-31(47)48/h2,4-8,26-27H,3,9-23H2,1H3,(H2,35,50)(H,36,49)(H,41,42)(H,43,44)(H,45,46)(H,47,48)/b4-2+. The van der Waals surface area contributed by atoms with E-state index in [1.54, 1.807) is 49.9 Å². The molecule has 282 valence electrons. The molecule has 17 heteroatoms. The first-order chi connectivity index (χ1) is 24.1. The number of primary amides is 1. The van der Waals surface area contributed by atoms with Crippen molar-refractivity contribution in [1.29, 1.82) is 0 Å². The summed E-state index contributed by atoms with van der Waals surface area (Å²) in [6, 6.07) is 6.57. The number of hydrogen-bond donors (Lipinski definition) is 6. The highest BCUT2D eigenvalue weighted by atomic mass is 16.6. The van der Waals surface area contributed by atoms with Crippen molar-refractivity contribution in [3.05, 3.63) is 42.0 Å². The first kappa shape index (κ1) is 40.8. The van der Waals surface area contributed by atoms with E-state index in [2.05, 4.69) is 5.32 Å². The number of nitrogens with two attached hydrogens (primary N) is 1. The maximum atomic E-state index is 13.5. The van der Waals surface area contributed by atoms with Crippen LogP contribution in [0.25, 0.3) is 0 Å². The number of benzene rings is 1. The van der Waals surface area contributed by atoms with Crippen LogP contribution in [0.2, 0.25) is 0 Å². The van der Waals surface area contributed by atoms with Gasteiger partial charge in [-0.1, -0.05) is 25.1 Å². The Morgan fingerprint density at radius 3 is 1.86 bits per heavy atom. The molecule has 1 fully saturated rings. The van der Waals surface area contributed by atoms with Gasteiger partial charge in [-0.3, -0.25) is 43.6 Å². The quantitative estimate of drug-likeness (QED) is 0.154. The third-order valence-corrected chi connectivity index (χ3v) is 9.26. The summed E-state index contributed by atoms with van der Waals surface area (Å²) in [6.45, 7) is 1.85. The van der Waals surface area contributed by atoms with E-state index in [0.29, 0.717) is 37.8 Å². The van der Waals surface area contributed by atoms with Gasteiger partial charge in [0.1, 0.15) is 6.10 Å². The summed E-state index contributed by atoms with van der Waals surface area (Å²) in [5.74, 6) is -4.52. The van der Waals surface area contributed by atoms with E-state index in [9.17, 15) is 49.2 Å². The first-order valence-corrected chi connectivity index (χ1v) is 16.9. The van der Waals surface area contributed by atoms with E-state index < -0.39 is 47.5 Å². The Bertz CT molecular complexity index is 1410. The number of carboxylic acids is 4. The van der Waals surface area contributed by atoms with Crippen molar-refractivity contribution in [2.45, 2.75) is 51.2 Å². The number of ether oxygens (including phenoxy) is 1. The summed E-state index contributed by atoms with van der Waals surface area (Å²) < 4.78 is 5.13. The monoisotopic (exact) mass is 718 g/mol. The number of rotatable bonds is 13. The zero-order valence-corrected chi connectivity index (χ0v) is 28.9. The van der Waals surface area contributed by atoms with E-state index in [1.807, 2.05) is 13.0 Å². The maximum absolute atomic E-state index is 13.5. The van der Waals surface area contributed by atoms with Crippen LogP contribution in [0, 0.1) is 5.41 Å². The van der Waals surface area contributed by atoms with Crippen molar-refractivity contribution in [2.24, 2.45) is 11.1 Å². The second-order valence-corrected chi connectivity index (χ2v) is 13.4. The van der Waals surface area contributed by atoms with Crippen LogP contribution in [0.4, 0.5) is 10.5 Å². The lowest BCUT2D eigenvalue weighted by Crippen LogP contribution is -2.53. The van der Waals surface area contributed by atoms with Crippen molar-refractivity contribution in [3.63, 3.8) is 0 Å². The third-order valence-electron chi connectivity index (χ3n) is 9.26. The lowest BCUT2D eigenvalue weighted by molar-refractivity contribution is -0.142. The predicted octanol–water partition coefficient (Wildman–Crippen LogP) is 0.697. The predicted molar refractivity (Wildman–Crippen MR) is 184 cm³/mol. The lowest BCUT2D eigenvalue weighted by atomic mass is 9.78. The molecule has 1 aromatic carbocycles. The molecule has 3 unspecified atom stereocenters. The largest absolute Gasteiger partial charge is 0.480 e. The Balaban J connectivity index is 1.82. The smallest absolute Gasteiger partial charge is 0.405 e. The molecule has 2 aliphatic rings. The van der Waals surface area contributed by atoms with E-state index in [1.165, 1.54) is 0 Å². The summed E-state index contributed by atoms with van der Waals surface area (Å²) in [6.07, 6.45) is 4.66. The molecule has 0 saturated carbocycles. The lowest BCUT2D eigenvalue weighted by Gasteiger charge is -2.37. The highest BCUT2D eigenvalue weighted by Gasteiger charge is 2.34. The molecule has 3 rings (SSSR count). The Kier molecular flexibility index (Phi) is 15.8. The number of carboxylic acid groups (broad SMARTS) is 4. The number of nitrogens with zero attached hydrogens (tertiary/aromatic N) is 4. The number of carbonyl (C=O) groups is 6. The van der Waals surface area contributed by atoms with Crippen LogP contribution >= 0.6 is 0 Å². The molecule has 1 aliphatic carbocycles. The topological polar surface area (TPSA) is 244 Å². The molecular formula is C34H50N6O11. The maximum Gasteiger partial charge on any atom is 0.405 e. The summed E-state index contributed by atoms with van der Waals surface area (Å²) in [7, 11) is 0. The van der Waals surface area contributed by atoms with Crippen molar-refractivity contribution in [1.82, 2.24) is 19.6 Å². The minimum atomic E-state index is -1.10. The molecule has 1 aliphatic heterocycles. The zero-order valence-electron chi connectivity index (χ0n) is 28.9. The van der Waals surface area contributed by atoms with Crippen molar-refractivity contribution < 1.29 is 53.9 Å². The molecule has 51 heavy (non-hydrogen) atoms. The average molecular weight is 719 g/mol. The van der Waals surface area contributed by atoms with E-state index in [4.69, 9.17) is 10.5 Å². The van der Waals surface area contributed by atoms with Gasteiger partial charge in [-0.25, -0.2) is 4.79 Å². The Hall–Kier alpha value is -4.58. The minimum absolute atomic E-state index is 0.144. The SMILES string of the molecule is CC1(C(=O)Nc2ccc(CC3CN(CC(=O)O)CCN(CC(=O)O)CCN(CC(=O)O)CCN3CC(=O)O)cc2)CC/C=C/C(OC(N)=O)CC1. The van der Waals surface area contributed by atoms with Crippen molar-refractivity contribution in [2.75, 3.05) is 77.3 Å². The fraction of sp³-hybridized carbons (Fsp3) is 0.588. The number of aliphatic carboxylic acids is 4. The summed E-state index contributed by atoms with van der Waals surface area (Å²) in [4.78, 5) is 78.4. The molecule has 1 aromatic rings. The highest BCUT2D eigenvalue weighted by Crippen LogP contribution is 2.34. The average Bonchev–Trinajstić information content (AvgIpc) is 3.02. The number of carbonyl (C=O) groups excluding carboxylic acids is 2. The van der Waals surface area contributed by atoms with Gasteiger partial charge in [0.15, 0.2) is 0 Å². The molecule has 3 atom stereocenters. The van der Waals surface area contributed by atoms with Crippen LogP contribution in [-0.4, -0.2) is 160 Å². The van der Waals surface area contributed by atoms with Gasteiger partial charge in [0.25, 0.3) is 0 Å². The number of nitrogens with one attached hydrogen (secondary N) is 1. The van der Waals surface area contributed by atoms with E-state index >= 15 is 0 Å². The highest BCUT2D eigenvalue weighted by molar-refractivity contribution is 5.95. The second kappa shape index (κ2) is 19.7. The van der Waals surface area contributed by atoms with Gasteiger partial charge in [0.05, 0.1) is 26.2 Å². The number of amides is 2. The van der Waals surface area contributed by atoms with Crippen LogP contribution in [0.1, 0.15) is 38.2 Å². The summed E-state index contributed by atoms with van der Waals surface area (Å²) >= 11 is 0. The molecule has 1 saturated heterocycles. The van der Waals surface area contributed by atoms with Crippen molar-refractivity contribution in [3.8, 4) is 0 Å². The zero-order chi connectivity index (χ0) is 37.6. The van der Waals surface area contributed by atoms with E-state index in [0.717, 1.165) is 5.56 Å². The molecule has 17 nitrogen and oxygen atoms in total. The van der Waals surface area contributed by atoms with Gasteiger partial charge in [0.2, 0.25) is 5.91 Å². The van der Waals surface area contributed by atoms with Crippen LogP contribution < -0.4 is 11.1 Å². The van der Waals surface area contributed by atoms with Gasteiger partial charge in [0, 0.05) is 63.0 Å². The Morgan fingerprint density at radius 1 is 0.784 bits per heavy atom. The van der Waals surface area contributed by atoms with Crippen LogP contribution in [-0.2, 0) is 35.1 Å². The fourth-order valence-corrected chi connectivity index (χ4v) is 6.44. The van der Waals surface area contributed by atoms with Crippen molar-refractivity contribution >= 4 is 41.6 Å². The van der Waals surface area contributed by atoms with Crippen LogP contribution in [0.15, 0.2) is 36.4 Å². The van der Waals surface area contributed by atoms with Crippen LogP contribution in [0.3, 0.4) is 0 Å². The van der Waals surface area contributed by atoms with Gasteiger partial charge in [-0.2, -0.15) is 0 Å². The molecule has 0 spiro atoms. The van der Waals surface area contributed by atoms with Gasteiger partial charge < -0.3 is 36.2 Å². The molecule has 0 aromatic heterocycles. The molecule has 2 amide bonds. The number of allylic oxidation sites excluding steroid dienone is 1. The number of anilines is 1.